The molecule has 3 fully saturated rings. The zero-order valence-electron chi connectivity index (χ0n) is 19.7. The van der Waals surface area contributed by atoms with Gasteiger partial charge in [0.2, 0.25) is 5.91 Å². The SMILES string of the molecule is O=C(CC[C@@H]1NC(=O)N(CCc2c[nH]c3ccccc23)C1=O)NC[C@@H]1CCCN2CCCC[C@@H]12. The third-order valence-corrected chi connectivity index (χ3v) is 7.84. The van der Waals surface area contributed by atoms with E-state index in [4.69, 9.17) is 0 Å². The van der Waals surface area contributed by atoms with E-state index in [0.29, 0.717) is 37.9 Å². The largest absolute Gasteiger partial charge is 0.361 e. The third kappa shape index (κ3) is 4.82. The van der Waals surface area contributed by atoms with Gasteiger partial charge in [-0.2, -0.15) is 0 Å². The zero-order valence-corrected chi connectivity index (χ0v) is 19.7. The van der Waals surface area contributed by atoms with Crippen LogP contribution in [0.2, 0.25) is 0 Å². The number of hydrogen-bond acceptors (Lipinski definition) is 4. The quantitative estimate of drug-likeness (QED) is 0.522. The molecule has 2 aromatic rings. The average molecular weight is 466 g/mol. The van der Waals surface area contributed by atoms with E-state index in [0.717, 1.165) is 16.5 Å². The van der Waals surface area contributed by atoms with Crippen molar-refractivity contribution >= 4 is 28.7 Å². The predicted octanol–water partition coefficient (Wildman–Crippen LogP) is 2.79. The van der Waals surface area contributed by atoms with Crippen molar-refractivity contribution in [2.24, 2.45) is 5.92 Å². The molecule has 8 heteroatoms. The molecule has 0 saturated carbocycles. The van der Waals surface area contributed by atoms with Crippen LogP contribution in [0.15, 0.2) is 30.5 Å². The van der Waals surface area contributed by atoms with Crippen LogP contribution in [-0.4, -0.2) is 70.9 Å². The molecule has 0 radical (unpaired) electrons. The van der Waals surface area contributed by atoms with E-state index < -0.39 is 6.04 Å². The molecule has 5 rings (SSSR count). The molecule has 182 valence electrons. The summed E-state index contributed by atoms with van der Waals surface area (Å²) in [6, 6.07) is 7.61. The molecular weight excluding hydrogens is 430 g/mol. The predicted molar refractivity (Wildman–Crippen MR) is 130 cm³/mol. The summed E-state index contributed by atoms with van der Waals surface area (Å²) in [4.78, 5) is 44.8. The maximum absolute atomic E-state index is 12.8. The van der Waals surface area contributed by atoms with Crippen LogP contribution in [0, 0.1) is 5.92 Å². The Bertz CT molecular complexity index is 1050. The van der Waals surface area contributed by atoms with Crippen molar-refractivity contribution in [1.29, 1.82) is 0 Å². The number of nitrogens with one attached hydrogen (secondary N) is 3. The van der Waals surface area contributed by atoms with Crippen LogP contribution in [0.5, 0.6) is 0 Å². The van der Waals surface area contributed by atoms with E-state index in [9.17, 15) is 14.4 Å². The van der Waals surface area contributed by atoms with Crippen LogP contribution in [0.1, 0.15) is 50.5 Å². The number of H-pyrrole nitrogens is 1. The van der Waals surface area contributed by atoms with E-state index >= 15 is 0 Å². The highest BCUT2D eigenvalue weighted by molar-refractivity contribution is 6.04. The summed E-state index contributed by atoms with van der Waals surface area (Å²) in [6.07, 6.45) is 9.28. The van der Waals surface area contributed by atoms with Gasteiger partial charge in [0.15, 0.2) is 0 Å². The molecule has 3 N–H and O–H groups in total. The molecule has 1 aromatic heterocycles. The van der Waals surface area contributed by atoms with Crippen molar-refractivity contribution in [2.75, 3.05) is 26.2 Å². The number of rotatable bonds is 8. The smallest absolute Gasteiger partial charge is 0.324 e. The second-order valence-electron chi connectivity index (χ2n) is 9.95. The van der Waals surface area contributed by atoms with E-state index in [1.807, 2.05) is 30.5 Å². The summed E-state index contributed by atoms with van der Waals surface area (Å²) in [7, 11) is 0. The van der Waals surface area contributed by atoms with Crippen LogP contribution in [0.25, 0.3) is 10.9 Å². The lowest BCUT2D eigenvalue weighted by atomic mass is 9.83. The van der Waals surface area contributed by atoms with Crippen molar-refractivity contribution in [3.63, 3.8) is 0 Å². The Morgan fingerprint density at radius 3 is 2.85 bits per heavy atom. The highest BCUT2D eigenvalue weighted by atomic mass is 16.2. The van der Waals surface area contributed by atoms with Crippen molar-refractivity contribution in [3.05, 3.63) is 36.0 Å². The standard InChI is InChI=1S/C26H35N5O3/c32-24(28-17-19-6-5-14-30-13-4-3-9-23(19)30)11-10-22-25(33)31(26(34)29-22)15-12-18-16-27-21-8-2-1-7-20(18)21/h1-2,7-8,16,19,22-23,27H,3-6,9-15,17H2,(H,28,32)(H,29,34)/t19-,22-,23-/m0/s1. The molecule has 8 nitrogen and oxygen atoms in total. The minimum absolute atomic E-state index is 0.0350. The topological polar surface area (TPSA) is 97.5 Å². The number of carbonyl (C=O) groups is 3. The number of fused-ring (bicyclic) bond motifs is 2. The fourth-order valence-corrected chi connectivity index (χ4v) is 5.98. The monoisotopic (exact) mass is 465 g/mol. The van der Waals surface area contributed by atoms with Crippen LogP contribution in [0.3, 0.4) is 0 Å². The number of urea groups is 1. The van der Waals surface area contributed by atoms with Crippen molar-refractivity contribution in [2.45, 2.75) is 63.5 Å². The molecule has 0 aliphatic carbocycles. The molecule has 4 amide bonds. The van der Waals surface area contributed by atoms with E-state index in [-0.39, 0.29) is 24.3 Å². The molecule has 3 atom stereocenters. The maximum Gasteiger partial charge on any atom is 0.324 e. The normalized spacial score (nSPS) is 25.4. The minimum Gasteiger partial charge on any atom is -0.361 e. The number of aromatic nitrogens is 1. The van der Waals surface area contributed by atoms with Crippen LogP contribution < -0.4 is 10.6 Å². The molecular formula is C26H35N5O3. The number of amides is 4. The Balaban J connectivity index is 1.07. The fraction of sp³-hybridized carbons (Fsp3) is 0.577. The lowest BCUT2D eigenvalue weighted by Gasteiger charge is -2.44. The summed E-state index contributed by atoms with van der Waals surface area (Å²) >= 11 is 0. The van der Waals surface area contributed by atoms with E-state index in [1.54, 1.807) is 0 Å². The highest BCUT2D eigenvalue weighted by Gasteiger charge is 2.38. The molecule has 0 unspecified atom stereocenters. The van der Waals surface area contributed by atoms with Crippen molar-refractivity contribution < 1.29 is 14.4 Å². The van der Waals surface area contributed by atoms with E-state index in [1.165, 1.54) is 50.1 Å². The molecule has 4 heterocycles. The second kappa shape index (κ2) is 10.2. The van der Waals surface area contributed by atoms with Gasteiger partial charge in [-0.3, -0.25) is 14.5 Å². The molecule has 34 heavy (non-hydrogen) atoms. The Morgan fingerprint density at radius 2 is 1.94 bits per heavy atom. The summed E-state index contributed by atoms with van der Waals surface area (Å²) in [5.74, 6) is 0.251. The van der Waals surface area contributed by atoms with Gasteiger partial charge in [-0.1, -0.05) is 24.6 Å². The van der Waals surface area contributed by atoms with Gasteiger partial charge < -0.3 is 20.5 Å². The number of aromatic amines is 1. The Hall–Kier alpha value is -2.87. The van der Waals surface area contributed by atoms with Gasteiger partial charge in [-0.25, -0.2) is 4.79 Å². The maximum atomic E-state index is 12.8. The molecule has 3 aliphatic heterocycles. The Labute approximate surface area is 200 Å². The van der Waals surface area contributed by atoms with E-state index in [2.05, 4.69) is 20.5 Å². The highest BCUT2D eigenvalue weighted by Crippen LogP contribution is 2.30. The number of para-hydroxylation sites is 1. The molecule has 3 aliphatic rings. The summed E-state index contributed by atoms with van der Waals surface area (Å²) in [5, 5.41) is 6.97. The minimum atomic E-state index is -0.621. The Kier molecular flexibility index (Phi) is 6.85. The van der Waals surface area contributed by atoms with Crippen molar-refractivity contribution in [3.8, 4) is 0 Å². The first-order valence-electron chi connectivity index (χ1n) is 12.8. The average Bonchev–Trinajstić information content (AvgIpc) is 3.39. The van der Waals surface area contributed by atoms with Gasteiger partial charge in [0.1, 0.15) is 6.04 Å². The first-order valence-corrected chi connectivity index (χ1v) is 12.8. The second-order valence-corrected chi connectivity index (χ2v) is 9.95. The molecule has 3 saturated heterocycles. The zero-order chi connectivity index (χ0) is 23.5. The summed E-state index contributed by atoms with van der Waals surface area (Å²) in [6.45, 7) is 3.42. The molecule has 0 bridgehead atoms. The van der Waals surface area contributed by atoms with Gasteiger partial charge in [0.05, 0.1) is 0 Å². The Morgan fingerprint density at radius 1 is 1.09 bits per heavy atom. The van der Waals surface area contributed by atoms with Crippen LogP contribution in [0.4, 0.5) is 4.79 Å². The number of piperidine rings is 2. The van der Waals surface area contributed by atoms with Crippen LogP contribution in [-0.2, 0) is 16.0 Å². The molecule has 0 spiro atoms. The number of hydrogen-bond donors (Lipinski definition) is 3. The fourth-order valence-electron chi connectivity index (χ4n) is 5.98. The third-order valence-electron chi connectivity index (χ3n) is 7.84. The lowest BCUT2D eigenvalue weighted by Crippen LogP contribution is -2.51. The van der Waals surface area contributed by atoms with Gasteiger partial charge in [-0.15, -0.1) is 0 Å². The summed E-state index contributed by atoms with van der Waals surface area (Å²) in [5.41, 5.74) is 2.13. The van der Waals surface area contributed by atoms with Gasteiger partial charge in [-0.05, 0) is 69.2 Å². The van der Waals surface area contributed by atoms with Gasteiger partial charge in [0, 0.05) is 42.7 Å². The molecule has 1 aromatic carbocycles. The number of carbonyl (C=O) groups excluding carboxylic acids is 3. The first kappa shape index (κ1) is 22.9. The van der Waals surface area contributed by atoms with Gasteiger partial charge in [0.25, 0.3) is 5.91 Å². The van der Waals surface area contributed by atoms with Crippen molar-refractivity contribution in [1.82, 2.24) is 25.4 Å². The number of nitrogens with zero attached hydrogens (tertiary/aromatic N) is 2. The van der Waals surface area contributed by atoms with Crippen LogP contribution >= 0.6 is 0 Å². The summed E-state index contributed by atoms with van der Waals surface area (Å²) < 4.78 is 0. The number of benzene rings is 1. The first-order chi connectivity index (χ1) is 16.6. The number of imide groups is 1. The van der Waals surface area contributed by atoms with Gasteiger partial charge >= 0.3 is 6.03 Å². The lowest BCUT2D eigenvalue weighted by molar-refractivity contribution is -0.127.